The van der Waals surface area contributed by atoms with Gasteiger partial charge in [-0.25, -0.2) is 9.97 Å². The summed E-state index contributed by atoms with van der Waals surface area (Å²) in [7, 11) is 1.88. The average Bonchev–Trinajstić information content (AvgIpc) is 3.17. The van der Waals surface area contributed by atoms with E-state index in [0.717, 1.165) is 40.3 Å². The number of pyridine rings is 1. The van der Waals surface area contributed by atoms with Crippen LogP contribution in [0.25, 0.3) is 22.4 Å². The Morgan fingerprint density at radius 3 is 2.63 bits per heavy atom. The van der Waals surface area contributed by atoms with E-state index < -0.39 is 0 Å². The largest absolute Gasteiger partial charge is 0.365 e. The van der Waals surface area contributed by atoms with E-state index in [1.165, 1.54) is 0 Å². The summed E-state index contributed by atoms with van der Waals surface area (Å²) in [4.78, 5) is 13.5. The van der Waals surface area contributed by atoms with E-state index >= 15 is 0 Å². The maximum Gasteiger partial charge on any atom is 0.164 e. The highest BCUT2D eigenvalue weighted by molar-refractivity contribution is 5.88. The monoisotopic (exact) mass is 362 g/mol. The molecule has 0 fully saturated rings. The molecule has 1 N–H and O–H groups in total. The van der Waals surface area contributed by atoms with Gasteiger partial charge in [0.15, 0.2) is 11.5 Å². The van der Waals surface area contributed by atoms with Gasteiger partial charge in [-0.05, 0) is 39.0 Å². The first-order chi connectivity index (χ1) is 13.0. The number of nitrogens with zero attached hydrogens (tertiary/aromatic N) is 7. The molecule has 4 aromatic rings. The third-order valence-corrected chi connectivity index (χ3v) is 4.46. The molecule has 0 aromatic carbocycles. The second-order valence-electron chi connectivity index (χ2n) is 6.79. The van der Waals surface area contributed by atoms with E-state index in [1.807, 2.05) is 30.8 Å². The van der Waals surface area contributed by atoms with E-state index in [2.05, 4.69) is 45.4 Å². The van der Waals surface area contributed by atoms with Crippen LogP contribution in [0, 0.1) is 13.8 Å². The van der Waals surface area contributed by atoms with Crippen molar-refractivity contribution in [3.05, 3.63) is 48.2 Å². The lowest BCUT2D eigenvalue weighted by Crippen LogP contribution is -2.24. The first kappa shape index (κ1) is 17.1. The number of nitrogens with one attached hydrogen (secondary N) is 1. The van der Waals surface area contributed by atoms with Crippen molar-refractivity contribution in [2.75, 3.05) is 5.32 Å². The molecule has 8 heteroatoms. The molecule has 0 saturated heterocycles. The predicted molar refractivity (Wildman–Crippen MR) is 104 cm³/mol. The highest BCUT2D eigenvalue weighted by atomic mass is 15.3. The van der Waals surface area contributed by atoms with Crippen LogP contribution >= 0.6 is 0 Å². The first-order valence-electron chi connectivity index (χ1n) is 8.89. The molecule has 0 aliphatic carbocycles. The Labute approximate surface area is 157 Å². The van der Waals surface area contributed by atoms with E-state index in [1.54, 1.807) is 23.3 Å². The second kappa shape index (κ2) is 6.79. The summed E-state index contributed by atoms with van der Waals surface area (Å²) in [5, 5.41) is 13.3. The summed E-state index contributed by atoms with van der Waals surface area (Å²) in [6.45, 7) is 6.94. The van der Waals surface area contributed by atoms with Crippen molar-refractivity contribution < 1.29 is 0 Å². The third-order valence-electron chi connectivity index (χ3n) is 4.46. The minimum Gasteiger partial charge on any atom is -0.365 e. The topological polar surface area (TPSA) is 86.3 Å². The van der Waals surface area contributed by atoms with Crippen molar-refractivity contribution in [1.29, 1.82) is 0 Å². The molecule has 4 aromatic heterocycles. The van der Waals surface area contributed by atoms with Gasteiger partial charge in [-0.2, -0.15) is 10.2 Å². The lowest BCUT2D eigenvalue weighted by atomic mass is 10.2. The van der Waals surface area contributed by atoms with E-state index in [9.17, 15) is 0 Å². The smallest absolute Gasteiger partial charge is 0.164 e. The molecule has 4 heterocycles. The number of rotatable bonds is 5. The van der Waals surface area contributed by atoms with Gasteiger partial charge >= 0.3 is 0 Å². The molecule has 1 atom stereocenters. The van der Waals surface area contributed by atoms with Crippen molar-refractivity contribution >= 4 is 16.9 Å². The molecule has 0 saturated carbocycles. The Bertz CT molecular complexity index is 1080. The summed E-state index contributed by atoms with van der Waals surface area (Å²) in [6.07, 6.45) is 5.28. The zero-order chi connectivity index (χ0) is 19.0. The maximum absolute atomic E-state index is 4.76. The highest BCUT2D eigenvalue weighted by Crippen LogP contribution is 2.25. The van der Waals surface area contributed by atoms with Gasteiger partial charge < -0.3 is 5.32 Å². The summed E-state index contributed by atoms with van der Waals surface area (Å²) < 4.78 is 3.77. The standard InChI is InChI=1S/C19H22N8/c1-12-9-14(3)27(25-12)11-13(2)22-18-16-10-21-26(4)19(16)24-17(23-18)15-5-7-20-8-6-15/h5-10,13H,11H2,1-4H3,(H,22,23,24). The fourth-order valence-corrected chi connectivity index (χ4v) is 3.16. The number of aryl methyl sites for hydroxylation is 3. The van der Waals surface area contributed by atoms with Gasteiger partial charge in [0, 0.05) is 36.7 Å². The van der Waals surface area contributed by atoms with Gasteiger partial charge in [-0.15, -0.1) is 0 Å². The van der Waals surface area contributed by atoms with Crippen molar-refractivity contribution in [3.63, 3.8) is 0 Å². The molecule has 0 bridgehead atoms. The Morgan fingerprint density at radius 1 is 1.15 bits per heavy atom. The second-order valence-corrected chi connectivity index (χ2v) is 6.79. The molecule has 4 rings (SSSR count). The summed E-state index contributed by atoms with van der Waals surface area (Å²) in [6, 6.07) is 6.02. The van der Waals surface area contributed by atoms with Crippen LogP contribution in [-0.2, 0) is 13.6 Å². The Morgan fingerprint density at radius 2 is 1.93 bits per heavy atom. The lowest BCUT2D eigenvalue weighted by Gasteiger charge is -2.17. The molecule has 0 spiro atoms. The van der Waals surface area contributed by atoms with Crippen LogP contribution in [0.1, 0.15) is 18.3 Å². The van der Waals surface area contributed by atoms with Crippen LogP contribution in [0.2, 0.25) is 0 Å². The molecular weight excluding hydrogens is 340 g/mol. The van der Waals surface area contributed by atoms with Gasteiger partial charge in [0.25, 0.3) is 0 Å². The maximum atomic E-state index is 4.76. The van der Waals surface area contributed by atoms with Crippen molar-refractivity contribution in [2.45, 2.75) is 33.4 Å². The number of hydrogen-bond donors (Lipinski definition) is 1. The minimum atomic E-state index is 0.131. The third kappa shape index (κ3) is 3.38. The summed E-state index contributed by atoms with van der Waals surface area (Å²) >= 11 is 0. The molecule has 0 amide bonds. The van der Waals surface area contributed by atoms with Gasteiger partial charge in [-0.3, -0.25) is 14.3 Å². The van der Waals surface area contributed by atoms with E-state index in [-0.39, 0.29) is 6.04 Å². The molecule has 27 heavy (non-hydrogen) atoms. The van der Waals surface area contributed by atoms with E-state index in [4.69, 9.17) is 4.98 Å². The fraction of sp³-hybridized carbons (Fsp3) is 0.316. The minimum absolute atomic E-state index is 0.131. The Hall–Kier alpha value is -3.29. The highest BCUT2D eigenvalue weighted by Gasteiger charge is 2.15. The Kier molecular flexibility index (Phi) is 4.31. The van der Waals surface area contributed by atoms with E-state index in [0.29, 0.717) is 5.82 Å². The molecule has 138 valence electrons. The zero-order valence-corrected chi connectivity index (χ0v) is 15.9. The molecule has 1 unspecified atom stereocenters. The molecular formula is C19H22N8. The van der Waals surface area contributed by atoms with Crippen molar-refractivity contribution in [2.24, 2.45) is 7.05 Å². The van der Waals surface area contributed by atoms with Crippen LogP contribution in [0.4, 0.5) is 5.82 Å². The van der Waals surface area contributed by atoms with Crippen LogP contribution in [0.3, 0.4) is 0 Å². The van der Waals surface area contributed by atoms with Gasteiger partial charge in [0.2, 0.25) is 0 Å². The molecule has 8 nitrogen and oxygen atoms in total. The van der Waals surface area contributed by atoms with Gasteiger partial charge in [0.1, 0.15) is 5.82 Å². The molecule has 0 aliphatic heterocycles. The number of anilines is 1. The SMILES string of the molecule is Cc1cc(C)n(CC(C)Nc2nc(-c3ccncc3)nc3c2cnn3C)n1. The van der Waals surface area contributed by atoms with Crippen molar-refractivity contribution in [1.82, 2.24) is 34.5 Å². The average molecular weight is 362 g/mol. The lowest BCUT2D eigenvalue weighted by molar-refractivity contribution is 0.545. The number of hydrogen-bond acceptors (Lipinski definition) is 6. The van der Waals surface area contributed by atoms with Gasteiger partial charge in [-0.1, -0.05) is 0 Å². The van der Waals surface area contributed by atoms with Gasteiger partial charge in [0.05, 0.1) is 23.8 Å². The summed E-state index contributed by atoms with van der Waals surface area (Å²) in [5.41, 5.74) is 3.88. The molecule has 0 aliphatic rings. The number of fused-ring (bicyclic) bond motifs is 1. The van der Waals surface area contributed by atoms with Crippen LogP contribution in [-0.4, -0.2) is 40.6 Å². The Balaban J connectivity index is 1.69. The van der Waals surface area contributed by atoms with Crippen LogP contribution in [0.15, 0.2) is 36.8 Å². The van der Waals surface area contributed by atoms with Crippen LogP contribution in [0.5, 0.6) is 0 Å². The zero-order valence-electron chi connectivity index (χ0n) is 15.9. The normalized spacial score (nSPS) is 12.4. The first-order valence-corrected chi connectivity index (χ1v) is 8.89. The van der Waals surface area contributed by atoms with Crippen LogP contribution < -0.4 is 5.32 Å². The molecule has 0 radical (unpaired) electrons. The number of aromatic nitrogens is 7. The predicted octanol–water partition coefficient (Wildman–Crippen LogP) is 2.74. The fourth-order valence-electron chi connectivity index (χ4n) is 3.16. The van der Waals surface area contributed by atoms with Crippen molar-refractivity contribution in [3.8, 4) is 11.4 Å². The quantitative estimate of drug-likeness (QED) is 0.587. The summed E-state index contributed by atoms with van der Waals surface area (Å²) in [5.74, 6) is 1.42.